The molecule has 9 heteroatoms. The van der Waals surface area contributed by atoms with Crippen molar-refractivity contribution >= 4 is 40.1 Å². The Kier molecular flexibility index (Phi) is 7.94. The number of rotatable bonds is 10. The first-order valence-electron chi connectivity index (χ1n) is 14.5. The first kappa shape index (κ1) is 29.0. The molecule has 0 saturated heterocycles. The van der Waals surface area contributed by atoms with Gasteiger partial charge in [-0.3, -0.25) is 0 Å². The molecule has 0 unspecified atom stereocenters. The topological polar surface area (TPSA) is 94.7 Å². The van der Waals surface area contributed by atoms with E-state index in [1.807, 2.05) is 30.3 Å². The van der Waals surface area contributed by atoms with Crippen molar-refractivity contribution in [1.82, 2.24) is 10.1 Å². The largest absolute Gasteiger partial charge is 0.493 e. The molecule has 2 saturated carbocycles. The Morgan fingerprint density at radius 3 is 2.48 bits per heavy atom. The summed E-state index contributed by atoms with van der Waals surface area (Å²) >= 11 is 13.1. The van der Waals surface area contributed by atoms with Crippen LogP contribution in [0.15, 0.2) is 53.1 Å². The molecule has 0 amide bonds. The summed E-state index contributed by atoms with van der Waals surface area (Å²) in [7, 11) is 0. The fraction of sp³-hybridized carbons (Fsp3) is 0.424. The second-order valence-electron chi connectivity index (χ2n) is 12.0. The average molecular weight is 610 g/mol. The van der Waals surface area contributed by atoms with Gasteiger partial charge in [-0.25, -0.2) is 9.78 Å². The van der Waals surface area contributed by atoms with E-state index in [1.165, 1.54) is 6.07 Å². The van der Waals surface area contributed by atoms with Gasteiger partial charge in [-0.05, 0) is 81.3 Å². The third-order valence-corrected chi connectivity index (χ3v) is 9.60. The summed E-state index contributed by atoms with van der Waals surface area (Å²) in [5.41, 5.74) is 2.76. The van der Waals surface area contributed by atoms with Gasteiger partial charge in [-0.15, -0.1) is 0 Å². The number of aromatic nitrogens is 2. The normalized spacial score (nSPS) is 22.4. The van der Waals surface area contributed by atoms with Gasteiger partial charge < -0.3 is 19.1 Å². The third kappa shape index (κ3) is 5.87. The van der Waals surface area contributed by atoms with Gasteiger partial charge in [0.15, 0.2) is 0 Å². The Bertz CT molecular complexity index is 1600. The van der Waals surface area contributed by atoms with Crippen LogP contribution in [0, 0.1) is 5.41 Å². The van der Waals surface area contributed by atoms with Gasteiger partial charge in [-0.1, -0.05) is 54.3 Å². The highest BCUT2D eigenvalue weighted by molar-refractivity contribution is 6.39. The van der Waals surface area contributed by atoms with Crippen molar-refractivity contribution in [1.29, 1.82) is 0 Å². The monoisotopic (exact) mass is 608 g/mol. The second kappa shape index (κ2) is 11.5. The van der Waals surface area contributed by atoms with Gasteiger partial charge in [-0.2, -0.15) is 0 Å². The van der Waals surface area contributed by atoms with Crippen LogP contribution in [0.1, 0.15) is 86.5 Å². The maximum atomic E-state index is 11.2. The van der Waals surface area contributed by atoms with Crippen molar-refractivity contribution in [2.24, 2.45) is 5.41 Å². The molecule has 0 spiro atoms. The zero-order valence-corrected chi connectivity index (χ0v) is 25.3. The molecule has 42 heavy (non-hydrogen) atoms. The van der Waals surface area contributed by atoms with E-state index < -0.39 is 5.97 Å². The molecule has 220 valence electrons. The molecular formula is C33H34Cl2N2O5. The number of nitrogens with zero attached hydrogens (tertiary/aromatic N) is 2. The Balaban J connectivity index is 1.12. The van der Waals surface area contributed by atoms with Crippen LogP contribution in [-0.4, -0.2) is 33.4 Å². The summed E-state index contributed by atoms with van der Waals surface area (Å²) in [5, 5.41) is 15.6. The summed E-state index contributed by atoms with van der Waals surface area (Å²) in [6.45, 7) is 5.46. The zero-order chi connectivity index (χ0) is 29.5. The fourth-order valence-electron chi connectivity index (χ4n) is 5.90. The minimum atomic E-state index is -1.04. The van der Waals surface area contributed by atoms with Crippen LogP contribution in [0.3, 0.4) is 0 Å². The minimum absolute atomic E-state index is 0.00895. The Labute approximate surface area is 255 Å². The molecule has 1 N–H and O–H groups in total. The fourth-order valence-corrected chi connectivity index (χ4v) is 6.47. The van der Waals surface area contributed by atoms with Gasteiger partial charge >= 0.3 is 5.97 Å². The van der Waals surface area contributed by atoms with E-state index in [9.17, 15) is 9.90 Å². The predicted octanol–water partition coefficient (Wildman–Crippen LogP) is 9.10. The first-order valence-corrected chi connectivity index (χ1v) is 15.3. The highest BCUT2D eigenvalue weighted by Gasteiger charge is 2.42. The molecule has 6 rings (SSSR count). The number of aromatic carboxylic acids is 1. The Morgan fingerprint density at radius 1 is 1.07 bits per heavy atom. The van der Waals surface area contributed by atoms with E-state index in [4.69, 9.17) is 37.2 Å². The Morgan fingerprint density at radius 2 is 1.81 bits per heavy atom. The number of ether oxygens (including phenoxy) is 2. The van der Waals surface area contributed by atoms with E-state index in [0.29, 0.717) is 46.0 Å². The number of carboxylic acids is 1. The van der Waals surface area contributed by atoms with Crippen LogP contribution >= 0.6 is 23.2 Å². The van der Waals surface area contributed by atoms with Crippen molar-refractivity contribution in [2.45, 2.75) is 76.9 Å². The van der Waals surface area contributed by atoms with Crippen LogP contribution in [0.5, 0.6) is 5.75 Å². The van der Waals surface area contributed by atoms with Crippen molar-refractivity contribution in [3.05, 3.63) is 75.6 Å². The molecule has 2 fully saturated rings. The van der Waals surface area contributed by atoms with Crippen molar-refractivity contribution < 1.29 is 23.9 Å². The number of benzene rings is 2. The summed E-state index contributed by atoms with van der Waals surface area (Å²) in [6, 6.07) is 14.3. The maximum absolute atomic E-state index is 11.2. The molecule has 2 heterocycles. The second-order valence-corrected chi connectivity index (χ2v) is 12.8. The molecule has 7 nitrogen and oxygen atoms in total. The highest BCUT2D eigenvalue weighted by atomic mass is 35.5. The van der Waals surface area contributed by atoms with Gasteiger partial charge in [0.05, 0.1) is 34.4 Å². The lowest BCUT2D eigenvalue weighted by atomic mass is 9.69. The van der Waals surface area contributed by atoms with E-state index in [2.05, 4.69) is 24.0 Å². The number of pyridine rings is 1. The standard InChI is InChI=1S/C33H34Cl2N2O5/c1-3-33(41-18-23-29(37-42-30(23)20-7-8-20)28-24(34)5-4-6-25(28)35)15-13-32(2,14-16-33)19-40-22-10-12-26-21(17-22)9-11-27(36-26)31(38)39/h4-6,9-12,17,20H,3,7-8,13-16,18-19H2,1-2H3,(H,38,39). The van der Waals surface area contributed by atoms with Gasteiger partial charge in [0.1, 0.15) is 22.9 Å². The number of hydrogen-bond acceptors (Lipinski definition) is 6. The SMILES string of the molecule is CCC1(OCc2c(-c3c(Cl)cccc3Cl)noc2C2CC2)CCC(C)(COc2ccc3nc(C(=O)O)ccc3c2)CC1. The van der Waals surface area contributed by atoms with E-state index >= 15 is 0 Å². The van der Waals surface area contributed by atoms with Gasteiger partial charge in [0.2, 0.25) is 0 Å². The third-order valence-electron chi connectivity index (χ3n) is 8.97. The van der Waals surface area contributed by atoms with E-state index in [0.717, 1.165) is 67.4 Å². The lowest BCUT2D eigenvalue weighted by Gasteiger charge is -2.44. The maximum Gasteiger partial charge on any atom is 0.354 e. The number of carboxylic acid groups (broad SMARTS) is 1. The van der Waals surface area contributed by atoms with Crippen molar-refractivity contribution in [3.8, 4) is 17.0 Å². The van der Waals surface area contributed by atoms with E-state index in [-0.39, 0.29) is 16.7 Å². The molecule has 2 aliphatic carbocycles. The molecule has 0 radical (unpaired) electrons. The zero-order valence-electron chi connectivity index (χ0n) is 23.8. The van der Waals surface area contributed by atoms with Crippen molar-refractivity contribution in [2.75, 3.05) is 6.61 Å². The summed E-state index contributed by atoms with van der Waals surface area (Å²) in [4.78, 5) is 15.4. The highest BCUT2D eigenvalue weighted by Crippen LogP contribution is 2.48. The van der Waals surface area contributed by atoms with Crippen LogP contribution < -0.4 is 4.74 Å². The van der Waals surface area contributed by atoms with Crippen molar-refractivity contribution in [3.63, 3.8) is 0 Å². The number of carbonyl (C=O) groups is 1. The van der Waals surface area contributed by atoms with Crippen LogP contribution in [0.2, 0.25) is 10.0 Å². The summed E-state index contributed by atoms with van der Waals surface area (Å²) < 4.78 is 18.9. The molecule has 2 aliphatic rings. The summed E-state index contributed by atoms with van der Waals surface area (Å²) in [6.07, 6.45) is 6.88. The van der Waals surface area contributed by atoms with Crippen LogP contribution in [0.4, 0.5) is 0 Å². The quantitative estimate of drug-likeness (QED) is 0.192. The first-order chi connectivity index (χ1) is 20.2. The number of halogens is 2. The molecule has 0 aliphatic heterocycles. The predicted molar refractivity (Wildman–Crippen MR) is 163 cm³/mol. The number of hydrogen-bond donors (Lipinski definition) is 1. The lowest BCUT2D eigenvalue weighted by Crippen LogP contribution is -2.42. The number of fused-ring (bicyclic) bond motifs is 1. The Hall–Kier alpha value is -3.13. The van der Waals surface area contributed by atoms with Gasteiger partial charge in [0.25, 0.3) is 0 Å². The molecule has 0 atom stereocenters. The van der Waals surface area contributed by atoms with Crippen LogP contribution in [0.25, 0.3) is 22.2 Å². The minimum Gasteiger partial charge on any atom is -0.493 e. The van der Waals surface area contributed by atoms with E-state index in [1.54, 1.807) is 12.1 Å². The molecular weight excluding hydrogens is 575 g/mol. The lowest BCUT2D eigenvalue weighted by molar-refractivity contribution is -0.106. The average Bonchev–Trinajstić information content (AvgIpc) is 3.75. The molecule has 0 bridgehead atoms. The van der Waals surface area contributed by atoms with Gasteiger partial charge in [0, 0.05) is 27.8 Å². The smallest absolute Gasteiger partial charge is 0.354 e. The molecule has 2 aromatic carbocycles. The van der Waals surface area contributed by atoms with Crippen LogP contribution in [-0.2, 0) is 11.3 Å². The summed E-state index contributed by atoms with van der Waals surface area (Å²) in [5.74, 6) is 0.986. The molecule has 2 aromatic heterocycles. The molecule has 4 aromatic rings.